The van der Waals surface area contributed by atoms with Crippen LogP contribution in [-0.4, -0.2) is 41.6 Å². The first-order valence-corrected chi connectivity index (χ1v) is 12.4. The van der Waals surface area contributed by atoms with E-state index >= 15 is 0 Å². The molecule has 2 unspecified atom stereocenters. The van der Waals surface area contributed by atoms with Crippen molar-refractivity contribution in [1.29, 1.82) is 0 Å². The number of ketones is 1. The van der Waals surface area contributed by atoms with Gasteiger partial charge in [-0.1, -0.05) is 32.4 Å². The van der Waals surface area contributed by atoms with Crippen molar-refractivity contribution in [3.8, 4) is 0 Å². The summed E-state index contributed by atoms with van der Waals surface area (Å²) in [5, 5.41) is 10.0. The van der Waals surface area contributed by atoms with Crippen molar-refractivity contribution < 1.29 is 29.0 Å². The lowest BCUT2D eigenvalue weighted by Crippen LogP contribution is -2.61. The Kier molecular flexibility index (Phi) is 4.86. The predicted molar refractivity (Wildman–Crippen MR) is 121 cm³/mol. The predicted octanol–water partition coefficient (Wildman–Crippen LogP) is 3.77. The number of hydrogen-bond acceptors (Lipinski definition) is 6. The van der Waals surface area contributed by atoms with Gasteiger partial charge in [-0.3, -0.25) is 9.59 Å². The summed E-state index contributed by atoms with van der Waals surface area (Å²) in [4.78, 5) is 38.7. The summed E-state index contributed by atoms with van der Waals surface area (Å²) in [6.07, 6.45) is 9.56. The molecule has 4 fully saturated rings. The molecule has 180 valence electrons. The van der Waals surface area contributed by atoms with Crippen molar-refractivity contribution in [2.75, 3.05) is 7.11 Å². The Hall–Kier alpha value is -1.95. The maximum Gasteiger partial charge on any atom is 0.351 e. The number of rotatable bonds is 3. The second kappa shape index (κ2) is 7.03. The van der Waals surface area contributed by atoms with Crippen LogP contribution in [0.25, 0.3) is 0 Å². The summed E-state index contributed by atoms with van der Waals surface area (Å²) in [6.45, 7) is 8.07. The van der Waals surface area contributed by atoms with Crippen LogP contribution in [0.4, 0.5) is 0 Å². The number of esters is 2. The van der Waals surface area contributed by atoms with E-state index in [-0.39, 0.29) is 23.0 Å². The van der Waals surface area contributed by atoms with Crippen LogP contribution in [0.5, 0.6) is 0 Å². The van der Waals surface area contributed by atoms with E-state index in [0.717, 1.165) is 32.1 Å². The molecule has 6 nitrogen and oxygen atoms in total. The molecule has 5 aliphatic rings. The SMILES string of the molecule is COC(=O)[C@@]1(OC(=O)C2(C)CC2O)[C@H](C)C[C@H]2[C@@H]3CCC4=CC(=O)C=C[C@]4(C)[C@H]3CC[C@@]21C. The van der Waals surface area contributed by atoms with Gasteiger partial charge in [0.15, 0.2) is 5.78 Å². The molecule has 6 heteroatoms. The minimum absolute atomic E-state index is 0.0726. The van der Waals surface area contributed by atoms with E-state index in [2.05, 4.69) is 19.9 Å². The third kappa shape index (κ3) is 2.79. The van der Waals surface area contributed by atoms with Gasteiger partial charge in [0, 0.05) is 16.7 Å². The van der Waals surface area contributed by atoms with Crippen LogP contribution < -0.4 is 0 Å². The standard InChI is InChI=1S/C27H36O6/c1-15-12-20-18-7-6-16-13-17(28)8-10-24(16,2)19(18)9-11-26(20,4)27(15,23(31)32-5)33-22(30)25(3)14-21(25)29/h8,10,13,15,18-21,29H,6-7,9,11-12,14H2,1-5H3/t15-,18-,19+,20+,21?,24+,25?,26+,27+/m1/s1. The molecule has 0 heterocycles. The molecule has 0 aromatic rings. The highest BCUT2D eigenvalue weighted by molar-refractivity contribution is 6.01. The van der Waals surface area contributed by atoms with Gasteiger partial charge in [-0.2, -0.15) is 0 Å². The van der Waals surface area contributed by atoms with Crippen LogP contribution in [0.3, 0.4) is 0 Å². The molecule has 0 aliphatic heterocycles. The van der Waals surface area contributed by atoms with Crippen molar-refractivity contribution in [3.05, 3.63) is 23.8 Å². The van der Waals surface area contributed by atoms with Crippen molar-refractivity contribution in [2.45, 2.75) is 77.9 Å². The number of fused-ring (bicyclic) bond motifs is 5. The van der Waals surface area contributed by atoms with Gasteiger partial charge >= 0.3 is 11.9 Å². The van der Waals surface area contributed by atoms with E-state index in [9.17, 15) is 19.5 Å². The van der Waals surface area contributed by atoms with Gasteiger partial charge in [0.25, 0.3) is 0 Å². The Morgan fingerprint density at radius 2 is 1.82 bits per heavy atom. The molecular formula is C27H36O6. The molecular weight excluding hydrogens is 420 g/mol. The number of methoxy groups -OCH3 is 1. The minimum atomic E-state index is -1.35. The number of hydrogen-bond donors (Lipinski definition) is 1. The molecule has 0 amide bonds. The number of aliphatic hydroxyl groups excluding tert-OH is 1. The van der Waals surface area contributed by atoms with Crippen LogP contribution >= 0.6 is 0 Å². The van der Waals surface area contributed by atoms with Gasteiger partial charge in [-0.25, -0.2) is 4.79 Å². The fourth-order valence-corrected chi connectivity index (χ4v) is 8.19. The average molecular weight is 457 g/mol. The van der Waals surface area contributed by atoms with E-state index in [4.69, 9.17) is 9.47 Å². The normalized spacial score (nSPS) is 49.9. The monoisotopic (exact) mass is 456 g/mol. The second-order valence-corrected chi connectivity index (χ2v) is 12.0. The molecule has 5 rings (SSSR count). The van der Waals surface area contributed by atoms with E-state index in [1.807, 2.05) is 13.0 Å². The molecule has 4 saturated carbocycles. The highest BCUT2D eigenvalue weighted by atomic mass is 16.6. The van der Waals surface area contributed by atoms with E-state index in [1.165, 1.54) is 12.7 Å². The maximum absolute atomic E-state index is 13.4. The largest absolute Gasteiger partial charge is 0.466 e. The highest BCUT2D eigenvalue weighted by Crippen LogP contribution is 2.69. The number of carbonyl (C=O) groups is 3. The zero-order valence-corrected chi connectivity index (χ0v) is 20.3. The van der Waals surface area contributed by atoms with Crippen LogP contribution in [0.2, 0.25) is 0 Å². The first-order chi connectivity index (χ1) is 15.4. The topological polar surface area (TPSA) is 89.9 Å². The fraction of sp³-hybridized carbons (Fsp3) is 0.741. The number of carbonyl (C=O) groups excluding carboxylic acids is 3. The summed E-state index contributed by atoms with van der Waals surface area (Å²) >= 11 is 0. The van der Waals surface area contributed by atoms with E-state index in [0.29, 0.717) is 18.3 Å². The first-order valence-electron chi connectivity index (χ1n) is 12.4. The molecule has 33 heavy (non-hydrogen) atoms. The van der Waals surface area contributed by atoms with Crippen LogP contribution in [0.15, 0.2) is 23.8 Å². The van der Waals surface area contributed by atoms with Gasteiger partial charge in [-0.15, -0.1) is 0 Å². The molecule has 0 radical (unpaired) electrons. The van der Waals surface area contributed by atoms with Crippen LogP contribution in [-0.2, 0) is 23.9 Å². The van der Waals surface area contributed by atoms with Gasteiger partial charge in [0.2, 0.25) is 5.60 Å². The Bertz CT molecular complexity index is 981. The fourth-order valence-electron chi connectivity index (χ4n) is 8.19. The lowest BCUT2D eigenvalue weighted by Gasteiger charge is -2.58. The lowest BCUT2D eigenvalue weighted by molar-refractivity contribution is -0.212. The Balaban J connectivity index is 1.52. The summed E-state index contributed by atoms with van der Waals surface area (Å²) in [7, 11) is 1.36. The smallest absolute Gasteiger partial charge is 0.351 e. The van der Waals surface area contributed by atoms with Gasteiger partial charge in [0.05, 0.1) is 18.6 Å². The summed E-state index contributed by atoms with van der Waals surface area (Å²) < 4.78 is 11.5. The van der Waals surface area contributed by atoms with Crippen molar-refractivity contribution in [1.82, 2.24) is 0 Å². The first kappa shape index (κ1) is 22.8. The number of ether oxygens (including phenoxy) is 2. The maximum atomic E-state index is 13.4. The summed E-state index contributed by atoms with van der Waals surface area (Å²) in [5.41, 5.74) is -1.75. The van der Waals surface area contributed by atoms with E-state index in [1.54, 1.807) is 13.0 Å². The number of allylic oxidation sites excluding steroid dienone is 4. The van der Waals surface area contributed by atoms with Crippen molar-refractivity contribution in [2.24, 2.45) is 39.9 Å². The Morgan fingerprint density at radius 1 is 1.12 bits per heavy atom. The lowest BCUT2D eigenvalue weighted by atomic mass is 9.47. The molecule has 0 spiro atoms. The molecule has 0 bridgehead atoms. The molecule has 0 saturated heterocycles. The van der Waals surface area contributed by atoms with Gasteiger partial charge in [-0.05, 0) is 75.4 Å². The Labute approximate surface area is 195 Å². The second-order valence-electron chi connectivity index (χ2n) is 12.0. The molecule has 0 aromatic heterocycles. The molecule has 1 N–H and O–H groups in total. The number of aliphatic hydroxyl groups is 1. The van der Waals surface area contributed by atoms with Gasteiger partial charge in [0.1, 0.15) is 0 Å². The molecule has 0 aromatic carbocycles. The zero-order valence-electron chi connectivity index (χ0n) is 20.3. The third-order valence-corrected chi connectivity index (χ3v) is 10.5. The molecule has 9 atom stereocenters. The summed E-state index contributed by atoms with van der Waals surface area (Å²) in [5.74, 6) is -0.113. The van der Waals surface area contributed by atoms with Crippen molar-refractivity contribution >= 4 is 17.7 Å². The zero-order chi connectivity index (χ0) is 24.0. The van der Waals surface area contributed by atoms with Gasteiger partial charge < -0.3 is 14.6 Å². The average Bonchev–Trinajstić information content (AvgIpc) is 3.33. The third-order valence-electron chi connectivity index (χ3n) is 10.5. The van der Waals surface area contributed by atoms with Crippen LogP contribution in [0.1, 0.15) is 66.2 Å². The summed E-state index contributed by atoms with van der Waals surface area (Å²) in [6, 6.07) is 0. The van der Waals surface area contributed by atoms with Crippen LogP contribution in [0, 0.1) is 39.9 Å². The quantitative estimate of drug-likeness (QED) is 0.651. The molecule has 5 aliphatic carbocycles. The van der Waals surface area contributed by atoms with Crippen molar-refractivity contribution in [3.63, 3.8) is 0 Å². The Morgan fingerprint density at radius 3 is 2.45 bits per heavy atom. The minimum Gasteiger partial charge on any atom is -0.466 e. The van der Waals surface area contributed by atoms with E-state index < -0.39 is 34.5 Å². The highest BCUT2D eigenvalue weighted by Gasteiger charge is 2.73.